The number of carbonyl (C=O) groups excluding carboxylic acids is 1. The molecule has 0 saturated heterocycles. The summed E-state index contributed by atoms with van der Waals surface area (Å²) < 4.78 is 22.7. The van der Waals surface area contributed by atoms with Crippen LogP contribution >= 0.6 is 34.9 Å². The fourth-order valence-corrected chi connectivity index (χ4v) is 4.64. The highest BCUT2D eigenvalue weighted by Crippen LogP contribution is 2.39. The lowest BCUT2D eigenvalue weighted by Gasteiger charge is -2.21. The van der Waals surface area contributed by atoms with Crippen LogP contribution in [0.15, 0.2) is 64.5 Å². The molecule has 0 aliphatic rings. The molecule has 1 aromatic heterocycles. The predicted octanol–water partition coefficient (Wildman–Crippen LogP) is 5.78. The molecule has 1 heterocycles. The smallest absolute Gasteiger partial charge is 0.231 e. The number of primary amides is 1. The average Bonchev–Trinajstić information content (AvgIpc) is 3.30. The molecule has 0 aliphatic carbocycles. The maximum atomic E-state index is 15.0. The minimum Gasteiger partial charge on any atom is -0.455 e. The van der Waals surface area contributed by atoms with Gasteiger partial charge in [-0.25, -0.2) is 9.37 Å². The van der Waals surface area contributed by atoms with E-state index in [1.54, 1.807) is 9.82 Å². The molecule has 3 aromatic rings. The van der Waals surface area contributed by atoms with E-state index in [0.717, 1.165) is 23.9 Å². The van der Waals surface area contributed by atoms with Crippen molar-refractivity contribution in [3.05, 3.63) is 76.0 Å². The number of carbonyl (C=O) groups is 1. The molecule has 0 radical (unpaired) electrons. The highest BCUT2D eigenvalue weighted by molar-refractivity contribution is 8.00. The summed E-state index contributed by atoms with van der Waals surface area (Å²) in [6.45, 7) is 6.55. The van der Waals surface area contributed by atoms with E-state index in [0.29, 0.717) is 35.1 Å². The van der Waals surface area contributed by atoms with E-state index in [1.807, 2.05) is 36.6 Å². The summed E-state index contributed by atoms with van der Waals surface area (Å²) in [5.74, 6) is 0.644. The topological polar surface area (TPSA) is 80.5 Å². The maximum Gasteiger partial charge on any atom is 0.231 e. The van der Waals surface area contributed by atoms with Crippen molar-refractivity contribution < 1.29 is 13.9 Å². The molecular weight excluding hydrogens is 483 g/mol. The Balaban J connectivity index is 1.72. The summed E-state index contributed by atoms with van der Waals surface area (Å²) in [5.41, 5.74) is 8.49. The molecule has 3 rings (SSSR count). The first-order valence-corrected chi connectivity index (χ1v) is 12.2. The zero-order chi connectivity index (χ0) is 23.8. The second kappa shape index (κ2) is 12.0. The Hall–Kier alpha value is -2.59. The number of rotatable bonds is 12. The van der Waals surface area contributed by atoms with Crippen molar-refractivity contribution in [1.82, 2.24) is 10.3 Å². The Kier molecular flexibility index (Phi) is 9.13. The van der Waals surface area contributed by atoms with Crippen LogP contribution in [-0.2, 0) is 11.2 Å². The van der Waals surface area contributed by atoms with Crippen LogP contribution < -0.4 is 20.1 Å². The maximum absolute atomic E-state index is 15.0. The van der Waals surface area contributed by atoms with Gasteiger partial charge in [0, 0.05) is 17.1 Å². The lowest BCUT2D eigenvalue weighted by atomic mass is 10.1. The summed E-state index contributed by atoms with van der Waals surface area (Å²) in [7, 11) is 0. The minimum absolute atomic E-state index is 0.142. The van der Waals surface area contributed by atoms with Gasteiger partial charge in [-0.1, -0.05) is 36.4 Å². The molecule has 0 fully saturated rings. The summed E-state index contributed by atoms with van der Waals surface area (Å²) in [6, 6.07) is 10.3. The first-order valence-electron chi connectivity index (χ1n) is 10.1. The van der Waals surface area contributed by atoms with Gasteiger partial charge in [0.15, 0.2) is 5.82 Å². The standard InChI is InChI=1S/C23H24ClFN4O2S2/c1-15(2)29(23-13-32-14-28-23)33-21-10-17(24)20(11-18(21)25)31-19-8-4-3-6-16(19)7-5-9-27-12-22(26)30/h3-4,6,8,10-11,13-14,27H,1,5,7,9,12H2,2H3,(H2,26,30). The minimum atomic E-state index is -0.464. The molecule has 0 spiro atoms. The monoisotopic (exact) mass is 506 g/mol. The van der Waals surface area contributed by atoms with Crippen molar-refractivity contribution >= 4 is 46.6 Å². The molecule has 0 aliphatic heterocycles. The summed E-state index contributed by atoms with van der Waals surface area (Å²) in [4.78, 5) is 15.4. The number of allylic oxidation sites excluding steroid dienone is 1. The lowest BCUT2D eigenvalue weighted by Crippen LogP contribution is -2.29. The fraction of sp³-hybridized carbons (Fsp3) is 0.217. The van der Waals surface area contributed by atoms with Gasteiger partial charge in [-0.2, -0.15) is 0 Å². The lowest BCUT2D eigenvalue weighted by molar-refractivity contribution is -0.117. The van der Waals surface area contributed by atoms with E-state index in [-0.39, 0.29) is 17.3 Å². The van der Waals surface area contributed by atoms with Gasteiger partial charge in [-0.3, -0.25) is 9.10 Å². The van der Waals surface area contributed by atoms with Gasteiger partial charge in [0.25, 0.3) is 0 Å². The number of aryl methyl sites for hydroxylation is 1. The van der Waals surface area contributed by atoms with E-state index >= 15 is 0 Å². The van der Waals surface area contributed by atoms with Gasteiger partial charge in [0.05, 0.1) is 22.0 Å². The zero-order valence-electron chi connectivity index (χ0n) is 18.0. The number of halogens is 2. The Labute approximate surface area is 205 Å². The van der Waals surface area contributed by atoms with E-state index in [1.165, 1.54) is 23.5 Å². The van der Waals surface area contributed by atoms with Crippen molar-refractivity contribution in [2.45, 2.75) is 24.7 Å². The highest BCUT2D eigenvalue weighted by atomic mass is 35.5. The second-order valence-corrected chi connectivity index (χ2v) is 9.25. The van der Waals surface area contributed by atoms with Gasteiger partial charge in [-0.15, -0.1) is 11.3 Å². The highest BCUT2D eigenvalue weighted by Gasteiger charge is 2.18. The van der Waals surface area contributed by atoms with Gasteiger partial charge >= 0.3 is 0 Å². The van der Waals surface area contributed by atoms with Crippen molar-refractivity contribution in [1.29, 1.82) is 0 Å². The first kappa shape index (κ1) is 25.0. The average molecular weight is 507 g/mol. The Morgan fingerprint density at radius 3 is 2.85 bits per heavy atom. The largest absolute Gasteiger partial charge is 0.455 e. The van der Waals surface area contributed by atoms with Crippen LogP contribution in [0.3, 0.4) is 0 Å². The number of aromatic nitrogens is 1. The number of nitrogens with one attached hydrogen (secondary N) is 1. The van der Waals surface area contributed by atoms with Crippen molar-refractivity contribution in [2.24, 2.45) is 5.73 Å². The number of para-hydroxylation sites is 1. The van der Waals surface area contributed by atoms with E-state index in [9.17, 15) is 9.18 Å². The van der Waals surface area contributed by atoms with Crippen molar-refractivity contribution in [3.63, 3.8) is 0 Å². The zero-order valence-corrected chi connectivity index (χ0v) is 20.4. The van der Waals surface area contributed by atoms with E-state index in [2.05, 4.69) is 16.9 Å². The van der Waals surface area contributed by atoms with Gasteiger partial charge in [0.1, 0.15) is 17.3 Å². The molecular formula is C23H24ClFN4O2S2. The first-order chi connectivity index (χ1) is 15.8. The van der Waals surface area contributed by atoms with Crippen LogP contribution in [0.25, 0.3) is 0 Å². The summed E-state index contributed by atoms with van der Waals surface area (Å²) in [6.07, 6.45) is 1.48. The Bertz CT molecular complexity index is 1110. The molecule has 0 unspecified atom stereocenters. The molecule has 174 valence electrons. The quantitative estimate of drug-likeness (QED) is 0.239. The molecule has 1 amide bonds. The Morgan fingerprint density at radius 2 is 2.15 bits per heavy atom. The van der Waals surface area contributed by atoms with Crippen LogP contribution in [0.5, 0.6) is 11.5 Å². The molecule has 6 nitrogen and oxygen atoms in total. The summed E-state index contributed by atoms with van der Waals surface area (Å²) in [5, 5.41) is 5.13. The van der Waals surface area contributed by atoms with Gasteiger partial charge in [0.2, 0.25) is 5.91 Å². The van der Waals surface area contributed by atoms with E-state index in [4.69, 9.17) is 22.1 Å². The van der Waals surface area contributed by atoms with Crippen molar-refractivity contribution in [2.75, 3.05) is 17.4 Å². The Morgan fingerprint density at radius 1 is 1.36 bits per heavy atom. The number of nitrogens with zero attached hydrogens (tertiary/aromatic N) is 2. The molecule has 33 heavy (non-hydrogen) atoms. The molecule has 3 N–H and O–H groups in total. The molecule has 0 bridgehead atoms. The van der Waals surface area contributed by atoms with Gasteiger partial charge < -0.3 is 15.8 Å². The van der Waals surface area contributed by atoms with Crippen LogP contribution in [0.2, 0.25) is 5.02 Å². The fourth-order valence-electron chi connectivity index (χ4n) is 2.93. The third-order valence-electron chi connectivity index (χ3n) is 4.44. The number of nitrogens with two attached hydrogens (primary N) is 1. The summed E-state index contributed by atoms with van der Waals surface area (Å²) >= 11 is 9.05. The number of hydrogen-bond acceptors (Lipinski definition) is 7. The molecule has 10 heteroatoms. The number of amides is 1. The van der Waals surface area contributed by atoms with Crippen LogP contribution in [0, 0.1) is 5.82 Å². The van der Waals surface area contributed by atoms with Gasteiger partial charge in [-0.05, 0) is 56.0 Å². The van der Waals surface area contributed by atoms with Crippen LogP contribution in [-0.4, -0.2) is 24.0 Å². The number of thiazole rings is 1. The molecule has 2 aromatic carbocycles. The number of benzene rings is 2. The predicted molar refractivity (Wildman–Crippen MR) is 134 cm³/mol. The molecule has 0 saturated carbocycles. The van der Waals surface area contributed by atoms with Crippen LogP contribution in [0.1, 0.15) is 18.9 Å². The van der Waals surface area contributed by atoms with Crippen LogP contribution in [0.4, 0.5) is 10.2 Å². The number of hydrogen-bond donors (Lipinski definition) is 2. The third kappa shape index (κ3) is 7.20. The normalized spacial score (nSPS) is 10.8. The third-order valence-corrected chi connectivity index (χ3v) is 6.50. The van der Waals surface area contributed by atoms with Crippen molar-refractivity contribution in [3.8, 4) is 11.5 Å². The molecule has 0 atom stereocenters. The number of anilines is 1. The SMILES string of the molecule is C=C(C)N(Sc1cc(Cl)c(Oc2ccccc2CCCNCC(N)=O)cc1F)c1cscn1. The second-order valence-electron chi connectivity index (χ2n) is 7.14. The van der Waals surface area contributed by atoms with E-state index < -0.39 is 11.7 Å². The number of ether oxygens (including phenoxy) is 1.